The number of piperazine rings is 1. The number of esters is 2. The van der Waals surface area contributed by atoms with Gasteiger partial charge in [-0.05, 0) is 51.3 Å². The van der Waals surface area contributed by atoms with Crippen molar-refractivity contribution in [3.63, 3.8) is 0 Å². The Morgan fingerprint density at radius 3 is 2.60 bits per heavy atom. The highest BCUT2D eigenvalue weighted by atomic mass is 32.2. The van der Waals surface area contributed by atoms with E-state index in [0.717, 1.165) is 29.7 Å². The summed E-state index contributed by atoms with van der Waals surface area (Å²) in [6, 6.07) is -1.16. The minimum Gasteiger partial charge on any atom is -0.504 e. The molecule has 58 heavy (non-hydrogen) atoms. The lowest BCUT2D eigenvalue weighted by Crippen LogP contribution is -2.69. The summed E-state index contributed by atoms with van der Waals surface area (Å²) >= 11 is 3.22. The number of thioether (sulfide) groups is 2. The van der Waals surface area contributed by atoms with Gasteiger partial charge in [-0.3, -0.25) is 19.4 Å². The van der Waals surface area contributed by atoms with E-state index in [4.69, 9.17) is 23.7 Å². The van der Waals surface area contributed by atoms with Gasteiger partial charge < -0.3 is 49.8 Å². The van der Waals surface area contributed by atoms with Crippen LogP contribution >= 0.6 is 23.5 Å². The first-order chi connectivity index (χ1) is 27.9. The van der Waals surface area contributed by atoms with Crippen molar-refractivity contribution in [3.8, 4) is 28.7 Å². The average molecular weight is 840 g/mol. The number of unbranched alkanes of at least 4 members (excludes halogenated alkanes) is 1. The largest absolute Gasteiger partial charge is 0.504 e. The lowest BCUT2D eigenvalue weighted by Gasteiger charge is -2.62. The number of hydrogen-bond acceptors (Lipinski definition) is 15. The van der Waals surface area contributed by atoms with Crippen LogP contribution in [0.2, 0.25) is 0 Å². The Balaban J connectivity index is 1.07. The number of carbonyl (C=O) groups is 4. The van der Waals surface area contributed by atoms with E-state index in [9.17, 15) is 29.4 Å². The van der Waals surface area contributed by atoms with Crippen LogP contribution in [-0.4, -0.2) is 125 Å². The van der Waals surface area contributed by atoms with Gasteiger partial charge in [-0.1, -0.05) is 12.5 Å². The molecule has 0 radical (unpaired) electrons. The van der Waals surface area contributed by atoms with Crippen LogP contribution in [0.3, 0.4) is 0 Å². The minimum absolute atomic E-state index is 0.0250. The van der Waals surface area contributed by atoms with Crippen molar-refractivity contribution in [2.45, 2.75) is 112 Å². The highest BCUT2D eigenvalue weighted by molar-refractivity contribution is 8.00. The number of likely N-dealkylation sites (N-methyl/N-ethyl adjacent to an activating group) is 1. The van der Waals surface area contributed by atoms with Crippen molar-refractivity contribution in [1.82, 2.24) is 25.8 Å². The molecule has 10 rings (SSSR count). The number of aryl methyl sites for hydroxylation is 1. The van der Waals surface area contributed by atoms with E-state index in [2.05, 4.69) is 20.9 Å². The SMILES string of the molecule is COc1c(C)cc2c(c1O)[C@@H]1C3[C@@H]4SC[C@H](NC(=O)CCCCC5SCC6NC(=O)NC65)C(=O)OC[C@H](c5c6c(c(C)c(OC(C)=O)c54)OCO6)N3[C@@H](O)[C@H](C2)N1C. The van der Waals surface area contributed by atoms with E-state index < -0.39 is 53.6 Å². The van der Waals surface area contributed by atoms with Crippen LogP contribution < -0.4 is 34.9 Å². The third-order valence-electron chi connectivity index (χ3n) is 12.9. The molecule has 8 heterocycles. The Kier molecular flexibility index (Phi) is 10.3. The third kappa shape index (κ3) is 6.32. The number of nitrogens with zero attached hydrogens (tertiary/aromatic N) is 2. The summed E-state index contributed by atoms with van der Waals surface area (Å²) in [7, 11) is 3.46. The van der Waals surface area contributed by atoms with Crippen LogP contribution in [-0.2, 0) is 25.5 Å². The monoisotopic (exact) mass is 839 g/mol. The zero-order chi connectivity index (χ0) is 40.7. The molecule has 0 aromatic heterocycles. The first kappa shape index (κ1) is 39.4. The maximum absolute atomic E-state index is 13.9. The van der Waals surface area contributed by atoms with Gasteiger partial charge in [0.15, 0.2) is 23.0 Å². The molecule has 4 unspecified atom stereocenters. The zero-order valence-corrected chi connectivity index (χ0v) is 34.6. The molecule has 4 bridgehead atoms. The lowest BCUT2D eigenvalue weighted by molar-refractivity contribution is -0.184. The molecule has 3 amide bonds. The van der Waals surface area contributed by atoms with Gasteiger partial charge in [-0.15, -0.1) is 11.8 Å². The number of ether oxygens (including phenoxy) is 5. The molecule has 16 nitrogen and oxygen atoms in total. The normalized spacial score (nSPS) is 31.9. The molecule has 4 fully saturated rings. The van der Waals surface area contributed by atoms with E-state index in [1.165, 1.54) is 25.8 Å². The second-order valence-electron chi connectivity index (χ2n) is 16.2. The first-order valence-electron chi connectivity index (χ1n) is 19.8. The van der Waals surface area contributed by atoms with Crippen LogP contribution in [0.5, 0.6) is 28.7 Å². The van der Waals surface area contributed by atoms with Gasteiger partial charge in [-0.25, -0.2) is 9.59 Å². The highest BCUT2D eigenvalue weighted by Gasteiger charge is 2.60. The standard InChI is InChI=1S/C40H49N5O11S2/c1-16-10-19-11-22-38(49)45-23-12-53-39(50)21(41-25(47)9-7-6-8-24-29-20(13-57-24)42-40(51)43-29)14-58-37(31(45)30(44(22)4)26(19)32(48)33(16)52-5)28-27(23)36-35(54-15-55-36)17(2)34(28)56-18(3)46/h10,20-24,29-31,37-38,48-49H,6-9,11-15H2,1-5H3,(H,41,47)(H2,42,43,51)/t20?,21-,22-,23+,24?,29?,30+,31?,37+,38-/m0/s1. The van der Waals surface area contributed by atoms with E-state index >= 15 is 0 Å². The number of phenols is 1. The molecule has 0 saturated carbocycles. The van der Waals surface area contributed by atoms with Crippen LogP contribution in [0.25, 0.3) is 0 Å². The fourth-order valence-corrected chi connectivity index (χ4v) is 13.5. The lowest BCUT2D eigenvalue weighted by atomic mass is 9.73. The van der Waals surface area contributed by atoms with Crippen molar-refractivity contribution in [2.75, 3.05) is 39.1 Å². The van der Waals surface area contributed by atoms with Crippen molar-refractivity contribution in [2.24, 2.45) is 0 Å². The molecule has 8 aliphatic rings. The van der Waals surface area contributed by atoms with Gasteiger partial charge in [0.1, 0.15) is 24.6 Å². The molecule has 0 spiro atoms. The number of carbonyl (C=O) groups excluding carboxylic acids is 4. The number of aliphatic hydroxyl groups excluding tert-OH is 1. The van der Waals surface area contributed by atoms with Crippen molar-refractivity contribution in [1.29, 1.82) is 0 Å². The van der Waals surface area contributed by atoms with Gasteiger partial charge in [0, 0.05) is 58.4 Å². The number of phenolic OH excluding ortho intramolecular Hbond substituents is 1. The second kappa shape index (κ2) is 15.2. The molecule has 18 heteroatoms. The van der Waals surface area contributed by atoms with Crippen molar-refractivity contribution < 1.29 is 53.1 Å². The minimum atomic E-state index is -1.05. The quantitative estimate of drug-likeness (QED) is 0.113. The summed E-state index contributed by atoms with van der Waals surface area (Å²) in [5, 5.41) is 33.0. The molecule has 4 saturated heterocycles. The zero-order valence-electron chi connectivity index (χ0n) is 33.0. The maximum Gasteiger partial charge on any atom is 0.329 e. The number of aliphatic hydroxyl groups is 1. The molecular formula is C40H49N5O11S2. The van der Waals surface area contributed by atoms with E-state index in [1.54, 1.807) is 0 Å². The molecule has 0 aliphatic carbocycles. The van der Waals surface area contributed by atoms with Gasteiger partial charge in [0.25, 0.3) is 0 Å². The van der Waals surface area contributed by atoms with Crippen molar-refractivity contribution >= 4 is 47.4 Å². The second-order valence-corrected chi connectivity index (χ2v) is 18.7. The number of methoxy groups -OCH3 is 1. The van der Waals surface area contributed by atoms with E-state index in [-0.39, 0.29) is 60.6 Å². The summed E-state index contributed by atoms with van der Waals surface area (Å²) in [5.74, 6) is 1.11. The molecule has 2 aromatic rings. The van der Waals surface area contributed by atoms with E-state index in [0.29, 0.717) is 58.1 Å². The Labute approximate surface area is 344 Å². The predicted octanol–water partition coefficient (Wildman–Crippen LogP) is 2.87. The molecule has 2 aromatic carbocycles. The first-order valence-corrected chi connectivity index (χ1v) is 21.9. The van der Waals surface area contributed by atoms with E-state index in [1.807, 2.05) is 43.6 Å². The number of nitrogens with one attached hydrogen (secondary N) is 3. The molecule has 5 N–H and O–H groups in total. The number of benzene rings is 2. The number of urea groups is 1. The Morgan fingerprint density at radius 1 is 1.03 bits per heavy atom. The fourth-order valence-electron chi connectivity index (χ4n) is 10.4. The van der Waals surface area contributed by atoms with Crippen LogP contribution in [0.1, 0.15) is 83.3 Å². The Hall–Kier alpha value is -4.10. The van der Waals surface area contributed by atoms with Crippen molar-refractivity contribution in [3.05, 3.63) is 39.4 Å². The predicted molar refractivity (Wildman–Crippen MR) is 212 cm³/mol. The summed E-state index contributed by atoms with van der Waals surface area (Å²) in [5.41, 5.74) is 4.18. The van der Waals surface area contributed by atoms with Gasteiger partial charge in [0.05, 0.1) is 42.6 Å². The van der Waals surface area contributed by atoms with Gasteiger partial charge in [-0.2, -0.15) is 11.8 Å². The topological polar surface area (TPSA) is 197 Å². The number of hydrogen-bond donors (Lipinski definition) is 5. The molecule has 10 atom stereocenters. The fraction of sp³-hybridized carbons (Fsp3) is 0.600. The number of rotatable bonds is 8. The number of amides is 3. The summed E-state index contributed by atoms with van der Waals surface area (Å²) < 4.78 is 30.0. The molecular weight excluding hydrogens is 791 g/mol. The Morgan fingerprint density at radius 2 is 1.83 bits per heavy atom. The summed E-state index contributed by atoms with van der Waals surface area (Å²) in [6.07, 6.45) is 1.87. The van der Waals surface area contributed by atoms with Crippen LogP contribution in [0.4, 0.5) is 4.79 Å². The average Bonchev–Trinajstić information content (AvgIpc) is 3.91. The molecule has 312 valence electrons. The van der Waals surface area contributed by atoms with Gasteiger partial charge in [0.2, 0.25) is 12.7 Å². The summed E-state index contributed by atoms with van der Waals surface area (Å²) in [4.78, 5) is 56.1. The number of aromatic hydroxyl groups is 1. The smallest absolute Gasteiger partial charge is 0.329 e. The summed E-state index contributed by atoms with van der Waals surface area (Å²) in [6.45, 7) is 4.74. The Bertz CT molecular complexity index is 2070. The molecule has 8 aliphatic heterocycles. The maximum atomic E-state index is 13.9. The van der Waals surface area contributed by atoms with Crippen LogP contribution in [0, 0.1) is 13.8 Å². The third-order valence-corrected chi connectivity index (χ3v) is 15.8. The van der Waals surface area contributed by atoms with Crippen LogP contribution in [0.15, 0.2) is 6.07 Å². The van der Waals surface area contributed by atoms with Gasteiger partial charge >= 0.3 is 18.0 Å². The number of fused-ring (bicyclic) bond motifs is 11. The highest BCUT2D eigenvalue weighted by Crippen LogP contribution is 2.64.